The number of nitrogens with one attached hydrogen (secondary N) is 1. The number of hydrogen-bond donors (Lipinski definition) is 1. The molecule has 0 aromatic carbocycles. The molecule has 1 unspecified atom stereocenters. The molecule has 0 saturated carbocycles. The Labute approximate surface area is 111 Å². The fraction of sp³-hybridized carbons (Fsp3) is 0.727. The summed E-state index contributed by atoms with van der Waals surface area (Å²) in [5.41, 5.74) is 0.627. The van der Waals surface area contributed by atoms with Crippen molar-refractivity contribution in [3.63, 3.8) is 0 Å². The van der Waals surface area contributed by atoms with E-state index in [0.717, 1.165) is 5.75 Å². The van der Waals surface area contributed by atoms with Crippen LogP contribution in [-0.4, -0.2) is 32.8 Å². The summed E-state index contributed by atoms with van der Waals surface area (Å²) < 4.78 is 1.56. The molecule has 0 saturated heterocycles. The van der Waals surface area contributed by atoms with Gasteiger partial charge in [-0.3, -0.25) is 10.1 Å². The Morgan fingerprint density at radius 3 is 2.56 bits per heavy atom. The molecule has 0 radical (unpaired) electrons. The first kappa shape index (κ1) is 14.8. The summed E-state index contributed by atoms with van der Waals surface area (Å²) in [6, 6.07) is 0.161. The summed E-state index contributed by atoms with van der Waals surface area (Å²) in [6.07, 6.45) is 2.01. The molecule has 0 aliphatic carbocycles. The lowest BCUT2D eigenvalue weighted by Gasteiger charge is -2.13. The fourth-order valence-corrected chi connectivity index (χ4v) is 2.37. The highest BCUT2D eigenvalue weighted by molar-refractivity contribution is 7.98. The van der Waals surface area contributed by atoms with Gasteiger partial charge in [0.2, 0.25) is 5.82 Å². The molecule has 1 heterocycles. The van der Waals surface area contributed by atoms with Gasteiger partial charge in [0.15, 0.2) is 0 Å². The monoisotopic (exact) mass is 272 g/mol. The minimum Gasteiger partial charge on any atom is -0.361 e. The quantitative estimate of drug-likeness (QED) is 0.636. The predicted octanol–water partition coefficient (Wildman–Crippen LogP) is 2.62. The van der Waals surface area contributed by atoms with Gasteiger partial charge in [0, 0.05) is 24.8 Å². The van der Waals surface area contributed by atoms with E-state index >= 15 is 0 Å². The van der Waals surface area contributed by atoms with Crippen LogP contribution in [0.15, 0.2) is 0 Å². The number of thioether (sulfide) groups is 1. The molecule has 0 fully saturated rings. The predicted molar refractivity (Wildman–Crippen MR) is 75.4 cm³/mol. The summed E-state index contributed by atoms with van der Waals surface area (Å²) >= 11 is 1.70. The molecule has 18 heavy (non-hydrogen) atoms. The summed E-state index contributed by atoms with van der Waals surface area (Å²) in [5, 5.41) is 18.6. The van der Waals surface area contributed by atoms with Crippen molar-refractivity contribution in [2.75, 3.05) is 17.3 Å². The molecule has 6 nitrogen and oxygen atoms in total. The third kappa shape index (κ3) is 3.16. The minimum absolute atomic E-state index is 0.0306. The van der Waals surface area contributed by atoms with E-state index < -0.39 is 0 Å². The zero-order valence-electron chi connectivity index (χ0n) is 11.4. The molecule has 1 rings (SSSR count). The Kier molecular flexibility index (Phi) is 5.01. The third-order valence-electron chi connectivity index (χ3n) is 2.58. The van der Waals surface area contributed by atoms with Crippen LogP contribution < -0.4 is 5.32 Å². The molecule has 7 heteroatoms. The summed E-state index contributed by atoms with van der Waals surface area (Å²) in [4.78, 5) is 10.9. The molecule has 0 spiro atoms. The van der Waals surface area contributed by atoms with Gasteiger partial charge in [0.1, 0.15) is 5.69 Å². The van der Waals surface area contributed by atoms with E-state index in [4.69, 9.17) is 0 Å². The van der Waals surface area contributed by atoms with Crippen LogP contribution in [0.3, 0.4) is 0 Å². The van der Waals surface area contributed by atoms with Crippen LogP contribution >= 0.6 is 11.8 Å². The molecular formula is C11H20N4O2S. The van der Waals surface area contributed by atoms with Crippen molar-refractivity contribution in [2.45, 2.75) is 32.7 Å². The van der Waals surface area contributed by atoms with Crippen molar-refractivity contribution in [1.82, 2.24) is 9.78 Å². The summed E-state index contributed by atoms with van der Waals surface area (Å²) in [5.74, 6) is 1.41. The third-order valence-corrected chi connectivity index (χ3v) is 3.41. The molecule has 0 amide bonds. The first-order valence-corrected chi connectivity index (χ1v) is 7.24. The molecule has 0 aliphatic heterocycles. The Hall–Kier alpha value is -1.24. The van der Waals surface area contributed by atoms with Crippen LogP contribution in [0.1, 0.15) is 32.4 Å². The number of hydrogen-bond acceptors (Lipinski definition) is 5. The number of nitro groups is 1. The van der Waals surface area contributed by atoms with Crippen molar-refractivity contribution in [1.29, 1.82) is 0 Å². The van der Waals surface area contributed by atoms with Crippen LogP contribution in [0.2, 0.25) is 0 Å². The number of aryl methyl sites for hydroxylation is 1. The van der Waals surface area contributed by atoms with Crippen molar-refractivity contribution in [3.05, 3.63) is 15.8 Å². The highest BCUT2D eigenvalue weighted by Gasteiger charge is 2.28. The van der Waals surface area contributed by atoms with Gasteiger partial charge in [0.05, 0.1) is 4.92 Å². The Morgan fingerprint density at radius 1 is 1.50 bits per heavy atom. The van der Waals surface area contributed by atoms with Crippen LogP contribution in [0.5, 0.6) is 0 Å². The summed E-state index contributed by atoms with van der Waals surface area (Å²) in [7, 11) is 1.73. The van der Waals surface area contributed by atoms with Gasteiger partial charge in [-0.05, 0) is 13.2 Å². The lowest BCUT2D eigenvalue weighted by molar-refractivity contribution is -0.384. The second-order valence-electron chi connectivity index (χ2n) is 4.62. The number of anilines is 1. The van der Waals surface area contributed by atoms with Crippen molar-refractivity contribution < 1.29 is 4.92 Å². The maximum absolute atomic E-state index is 11.2. The van der Waals surface area contributed by atoms with E-state index in [0.29, 0.717) is 11.5 Å². The second-order valence-corrected chi connectivity index (χ2v) is 5.53. The van der Waals surface area contributed by atoms with Crippen LogP contribution in [0.25, 0.3) is 0 Å². The van der Waals surface area contributed by atoms with E-state index in [2.05, 4.69) is 10.4 Å². The van der Waals surface area contributed by atoms with Gasteiger partial charge in [-0.1, -0.05) is 13.8 Å². The maximum atomic E-state index is 11.2. The van der Waals surface area contributed by atoms with Crippen LogP contribution in [-0.2, 0) is 7.05 Å². The minimum atomic E-state index is -0.351. The van der Waals surface area contributed by atoms with E-state index in [1.54, 1.807) is 23.5 Å². The Morgan fingerprint density at radius 2 is 2.11 bits per heavy atom. The molecule has 0 bridgehead atoms. The molecular weight excluding hydrogens is 252 g/mol. The topological polar surface area (TPSA) is 73.0 Å². The van der Waals surface area contributed by atoms with E-state index in [1.807, 2.05) is 27.0 Å². The number of rotatable bonds is 6. The molecule has 1 aromatic heterocycles. The van der Waals surface area contributed by atoms with Gasteiger partial charge in [-0.15, -0.1) is 0 Å². The molecule has 1 atom stereocenters. The average molecular weight is 272 g/mol. The van der Waals surface area contributed by atoms with Gasteiger partial charge < -0.3 is 5.32 Å². The van der Waals surface area contributed by atoms with E-state index in [9.17, 15) is 10.1 Å². The fourth-order valence-electron chi connectivity index (χ4n) is 1.79. The van der Waals surface area contributed by atoms with Gasteiger partial charge in [0.25, 0.3) is 0 Å². The standard InChI is InChI=1S/C11H20N4O2S/c1-7(2)9-10(15(16)17)11(14(4)13-9)12-8(3)6-18-5/h7-8,12H,6H2,1-5H3. The smallest absolute Gasteiger partial charge is 0.334 e. The van der Waals surface area contributed by atoms with Gasteiger partial charge >= 0.3 is 5.69 Å². The van der Waals surface area contributed by atoms with Gasteiger partial charge in [-0.25, -0.2) is 4.68 Å². The largest absolute Gasteiger partial charge is 0.361 e. The zero-order valence-corrected chi connectivity index (χ0v) is 12.2. The van der Waals surface area contributed by atoms with Crippen LogP contribution in [0.4, 0.5) is 11.5 Å². The van der Waals surface area contributed by atoms with E-state index in [1.165, 1.54) is 0 Å². The lowest BCUT2D eigenvalue weighted by Crippen LogP contribution is -2.20. The normalized spacial score (nSPS) is 12.8. The summed E-state index contributed by atoms with van der Waals surface area (Å²) in [6.45, 7) is 5.82. The number of nitrogens with zero attached hydrogens (tertiary/aromatic N) is 3. The molecule has 1 aromatic rings. The first-order valence-electron chi connectivity index (χ1n) is 5.85. The molecule has 102 valence electrons. The SMILES string of the molecule is CSCC(C)Nc1c([N+](=O)[O-])c(C(C)C)nn1C. The van der Waals surface area contributed by atoms with Crippen LogP contribution in [0, 0.1) is 10.1 Å². The maximum Gasteiger partial charge on any atom is 0.334 e. The van der Waals surface area contributed by atoms with Crippen molar-refractivity contribution in [3.8, 4) is 0 Å². The lowest BCUT2D eigenvalue weighted by atomic mass is 10.1. The Balaban J connectivity index is 3.13. The second kappa shape index (κ2) is 6.08. The van der Waals surface area contributed by atoms with Crippen molar-refractivity contribution in [2.24, 2.45) is 7.05 Å². The zero-order chi connectivity index (χ0) is 13.9. The molecule has 0 aliphatic rings. The van der Waals surface area contributed by atoms with Crippen molar-refractivity contribution >= 4 is 23.3 Å². The molecule has 1 N–H and O–H groups in total. The average Bonchev–Trinajstić information content (AvgIpc) is 2.57. The van der Waals surface area contributed by atoms with E-state index in [-0.39, 0.29) is 22.6 Å². The number of aromatic nitrogens is 2. The Bertz CT molecular complexity index is 431. The first-order chi connectivity index (χ1) is 8.38. The van der Waals surface area contributed by atoms with Gasteiger partial charge in [-0.2, -0.15) is 16.9 Å². The highest BCUT2D eigenvalue weighted by Crippen LogP contribution is 2.33. The highest BCUT2D eigenvalue weighted by atomic mass is 32.2.